The first-order valence-electron chi connectivity index (χ1n) is 11.5. The van der Waals surface area contributed by atoms with Crippen LogP contribution < -0.4 is 9.47 Å². The van der Waals surface area contributed by atoms with E-state index in [9.17, 15) is 9.59 Å². The predicted molar refractivity (Wildman–Crippen MR) is 131 cm³/mol. The Hall–Kier alpha value is -3.32. The standard InChI is InChI=1S/C27H28N2O4S/c1-32-22-13-19-10-11-29(26(24-9-6-12-34-24)21(19)15-23(22)33-2)27(31)20-14-25(30)28(17-20)16-18-7-4-3-5-8-18/h3-9,12-13,15,20,26H,10-11,14,16-17H2,1-2H3/t20-,26-/m1/s1. The van der Waals surface area contributed by atoms with E-state index in [1.165, 1.54) is 0 Å². The fourth-order valence-electron chi connectivity index (χ4n) is 5.07. The van der Waals surface area contributed by atoms with Crippen molar-refractivity contribution in [1.82, 2.24) is 9.80 Å². The van der Waals surface area contributed by atoms with Gasteiger partial charge in [-0.25, -0.2) is 0 Å². The number of methoxy groups -OCH3 is 2. The highest BCUT2D eigenvalue weighted by atomic mass is 32.1. The summed E-state index contributed by atoms with van der Waals surface area (Å²) in [6.07, 6.45) is 0.996. The monoisotopic (exact) mass is 476 g/mol. The molecule has 0 unspecified atom stereocenters. The third-order valence-electron chi connectivity index (χ3n) is 6.75. The maximum Gasteiger partial charge on any atom is 0.228 e. The molecule has 0 bridgehead atoms. The number of rotatable bonds is 6. The summed E-state index contributed by atoms with van der Waals surface area (Å²) in [5.74, 6) is 1.10. The zero-order chi connectivity index (χ0) is 23.7. The Labute approximate surface area is 203 Å². The van der Waals surface area contributed by atoms with Gasteiger partial charge in [0.2, 0.25) is 11.8 Å². The summed E-state index contributed by atoms with van der Waals surface area (Å²) in [4.78, 5) is 31.5. The quantitative estimate of drug-likeness (QED) is 0.533. The summed E-state index contributed by atoms with van der Waals surface area (Å²) in [7, 11) is 3.26. The lowest BCUT2D eigenvalue weighted by molar-refractivity contribution is -0.137. The van der Waals surface area contributed by atoms with E-state index in [0.717, 1.165) is 28.0 Å². The molecule has 3 aromatic rings. The van der Waals surface area contributed by atoms with Crippen molar-refractivity contribution in [2.45, 2.75) is 25.4 Å². The second-order valence-electron chi connectivity index (χ2n) is 8.77. The van der Waals surface area contributed by atoms with E-state index in [-0.39, 0.29) is 30.2 Å². The zero-order valence-corrected chi connectivity index (χ0v) is 20.2. The number of nitrogens with zero attached hydrogens (tertiary/aromatic N) is 2. The predicted octanol–water partition coefficient (Wildman–Crippen LogP) is 4.29. The number of ether oxygens (including phenoxy) is 2. The van der Waals surface area contributed by atoms with Gasteiger partial charge in [0.25, 0.3) is 0 Å². The zero-order valence-electron chi connectivity index (χ0n) is 19.4. The highest BCUT2D eigenvalue weighted by Gasteiger charge is 2.41. The molecule has 0 spiro atoms. The van der Waals surface area contributed by atoms with Crippen LogP contribution in [0.4, 0.5) is 0 Å². The Kier molecular flexibility index (Phi) is 6.28. The van der Waals surface area contributed by atoms with Crippen LogP contribution >= 0.6 is 11.3 Å². The number of thiophene rings is 1. The second-order valence-corrected chi connectivity index (χ2v) is 9.75. The summed E-state index contributed by atoms with van der Waals surface area (Å²) in [6.45, 7) is 1.60. The molecule has 3 heterocycles. The number of carbonyl (C=O) groups excluding carboxylic acids is 2. The van der Waals surface area contributed by atoms with Crippen molar-refractivity contribution in [2.75, 3.05) is 27.3 Å². The fourth-order valence-corrected chi connectivity index (χ4v) is 5.92. The van der Waals surface area contributed by atoms with E-state index in [1.54, 1.807) is 25.6 Å². The Morgan fingerprint density at radius 2 is 1.82 bits per heavy atom. The summed E-state index contributed by atoms with van der Waals surface area (Å²) >= 11 is 1.64. The molecule has 1 fully saturated rings. The minimum atomic E-state index is -0.333. The van der Waals surface area contributed by atoms with E-state index in [2.05, 4.69) is 6.07 Å². The van der Waals surface area contributed by atoms with Crippen LogP contribution in [0, 0.1) is 5.92 Å². The maximum atomic E-state index is 13.8. The average Bonchev–Trinajstić information content (AvgIpc) is 3.53. The number of fused-ring (bicyclic) bond motifs is 1. The van der Waals surface area contributed by atoms with Gasteiger partial charge in [-0.2, -0.15) is 0 Å². The minimum absolute atomic E-state index is 0.0405. The summed E-state index contributed by atoms with van der Waals surface area (Å²) in [5, 5.41) is 2.04. The lowest BCUT2D eigenvalue weighted by atomic mass is 9.89. The lowest BCUT2D eigenvalue weighted by Crippen LogP contribution is -2.44. The Balaban J connectivity index is 1.43. The van der Waals surface area contributed by atoms with E-state index in [1.807, 2.05) is 63.7 Å². The van der Waals surface area contributed by atoms with E-state index in [0.29, 0.717) is 31.1 Å². The molecular weight excluding hydrogens is 448 g/mol. The van der Waals surface area contributed by atoms with Crippen molar-refractivity contribution in [1.29, 1.82) is 0 Å². The Bertz CT molecular complexity index is 1180. The first kappa shape index (κ1) is 22.5. The van der Waals surface area contributed by atoms with Gasteiger partial charge in [-0.15, -0.1) is 11.3 Å². The molecule has 2 atom stereocenters. The molecule has 176 valence electrons. The molecule has 1 saturated heterocycles. The normalized spacial score (nSPS) is 19.8. The lowest BCUT2D eigenvalue weighted by Gasteiger charge is -2.38. The van der Waals surface area contributed by atoms with Crippen molar-refractivity contribution in [3.05, 3.63) is 81.5 Å². The van der Waals surface area contributed by atoms with Crippen molar-refractivity contribution >= 4 is 23.2 Å². The van der Waals surface area contributed by atoms with Crippen LogP contribution in [0.3, 0.4) is 0 Å². The van der Waals surface area contributed by atoms with Crippen LogP contribution in [0.2, 0.25) is 0 Å². The smallest absolute Gasteiger partial charge is 0.228 e. The molecule has 2 amide bonds. The number of likely N-dealkylation sites (tertiary alicyclic amines) is 1. The summed E-state index contributed by atoms with van der Waals surface area (Å²) in [6, 6.07) is 17.8. The van der Waals surface area contributed by atoms with E-state index >= 15 is 0 Å². The molecule has 0 radical (unpaired) electrons. The highest BCUT2D eigenvalue weighted by Crippen LogP contribution is 2.43. The largest absolute Gasteiger partial charge is 0.493 e. The fraction of sp³-hybridized carbons (Fsp3) is 0.333. The molecule has 6 nitrogen and oxygen atoms in total. The van der Waals surface area contributed by atoms with Crippen molar-refractivity contribution < 1.29 is 19.1 Å². The van der Waals surface area contributed by atoms with Gasteiger partial charge in [-0.3, -0.25) is 9.59 Å². The van der Waals surface area contributed by atoms with Gasteiger partial charge in [-0.05, 0) is 46.7 Å². The van der Waals surface area contributed by atoms with Gasteiger partial charge < -0.3 is 19.3 Å². The molecular formula is C27H28N2O4S. The molecule has 2 aliphatic rings. The van der Waals surface area contributed by atoms with Crippen LogP contribution in [0.5, 0.6) is 11.5 Å². The van der Waals surface area contributed by atoms with Crippen LogP contribution in [0.1, 0.15) is 34.0 Å². The van der Waals surface area contributed by atoms with Crippen molar-refractivity contribution in [3.63, 3.8) is 0 Å². The number of benzene rings is 2. The molecule has 5 rings (SSSR count). The number of amides is 2. The van der Waals surface area contributed by atoms with Crippen molar-refractivity contribution in [3.8, 4) is 11.5 Å². The minimum Gasteiger partial charge on any atom is -0.493 e. The van der Waals surface area contributed by atoms with Gasteiger partial charge in [0, 0.05) is 30.9 Å². The second kappa shape index (κ2) is 9.50. The molecule has 0 saturated carbocycles. The summed E-state index contributed by atoms with van der Waals surface area (Å²) < 4.78 is 11.1. The number of carbonyl (C=O) groups is 2. The van der Waals surface area contributed by atoms with E-state index in [4.69, 9.17) is 9.47 Å². The maximum absolute atomic E-state index is 13.8. The molecule has 0 N–H and O–H groups in total. The Morgan fingerprint density at radius 1 is 1.06 bits per heavy atom. The molecule has 0 aliphatic carbocycles. The SMILES string of the molecule is COc1cc2c(cc1OC)[C@H](c1cccs1)N(C(=O)[C@@H]1CC(=O)N(Cc3ccccc3)C1)CC2. The molecule has 7 heteroatoms. The van der Waals surface area contributed by atoms with Gasteiger partial charge >= 0.3 is 0 Å². The van der Waals surface area contributed by atoms with E-state index < -0.39 is 0 Å². The van der Waals surface area contributed by atoms with Gasteiger partial charge in [0.15, 0.2) is 11.5 Å². The third kappa shape index (κ3) is 4.16. The molecule has 34 heavy (non-hydrogen) atoms. The highest BCUT2D eigenvalue weighted by molar-refractivity contribution is 7.10. The van der Waals surface area contributed by atoms with Gasteiger partial charge in [-0.1, -0.05) is 36.4 Å². The van der Waals surface area contributed by atoms with Crippen molar-refractivity contribution in [2.24, 2.45) is 5.92 Å². The van der Waals surface area contributed by atoms with Crippen LogP contribution in [-0.2, 0) is 22.6 Å². The Morgan fingerprint density at radius 3 is 2.53 bits per heavy atom. The summed E-state index contributed by atoms with van der Waals surface area (Å²) in [5.41, 5.74) is 3.30. The molecule has 2 aromatic carbocycles. The first-order chi connectivity index (χ1) is 16.6. The first-order valence-corrected chi connectivity index (χ1v) is 12.4. The number of hydrogen-bond acceptors (Lipinski definition) is 5. The number of hydrogen-bond donors (Lipinski definition) is 0. The van der Waals surface area contributed by atoms with Crippen LogP contribution in [0.25, 0.3) is 0 Å². The molecule has 2 aliphatic heterocycles. The van der Waals surface area contributed by atoms with Crippen LogP contribution in [0.15, 0.2) is 60.0 Å². The topological polar surface area (TPSA) is 59.1 Å². The third-order valence-corrected chi connectivity index (χ3v) is 7.67. The van der Waals surface area contributed by atoms with Gasteiger partial charge in [0.05, 0.1) is 26.2 Å². The average molecular weight is 477 g/mol. The van der Waals surface area contributed by atoms with Gasteiger partial charge in [0.1, 0.15) is 0 Å². The molecule has 1 aromatic heterocycles. The van der Waals surface area contributed by atoms with Crippen LogP contribution in [-0.4, -0.2) is 48.9 Å².